The molecule has 0 atom stereocenters. The van der Waals surface area contributed by atoms with Gasteiger partial charge in [0, 0.05) is 16.8 Å². The topological polar surface area (TPSA) is 25.8 Å². The van der Waals surface area contributed by atoms with E-state index in [9.17, 15) is 0 Å². The summed E-state index contributed by atoms with van der Waals surface area (Å²) in [5.74, 6) is 0. The fourth-order valence-electron chi connectivity index (χ4n) is 4.94. The van der Waals surface area contributed by atoms with Gasteiger partial charge in [-0.15, -0.1) is 71.8 Å². The second kappa shape index (κ2) is 11.9. The molecule has 2 heterocycles. The third-order valence-electron chi connectivity index (χ3n) is 7.17. The van der Waals surface area contributed by atoms with Gasteiger partial charge in [-0.3, -0.25) is 9.97 Å². The number of benzene rings is 4. The molecule has 6 rings (SSSR count). The molecule has 0 aliphatic heterocycles. The first kappa shape index (κ1) is 27.4. The van der Waals surface area contributed by atoms with Crippen molar-refractivity contribution in [2.45, 2.75) is 19.3 Å². The molecule has 6 aromatic rings. The Bertz CT molecular complexity index is 1570. The number of pyridine rings is 2. The minimum Gasteiger partial charge on any atom is -0.300 e. The molecule has 0 bridgehead atoms. The molecule has 0 fully saturated rings. The van der Waals surface area contributed by atoms with Crippen LogP contribution in [0, 0.1) is 12.1 Å². The zero-order valence-corrected chi connectivity index (χ0v) is 24.7. The minimum absolute atomic E-state index is 0. The van der Waals surface area contributed by atoms with E-state index in [1.165, 1.54) is 0 Å². The Labute approximate surface area is 251 Å². The summed E-state index contributed by atoms with van der Waals surface area (Å²) >= 11 is 0. The van der Waals surface area contributed by atoms with Crippen molar-refractivity contribution in [2.75, 3.05) is 0 Å². The maximum atomic E-state index is 5.27. The SMILES string of the molecule is CC(C)(c1ccc(-c2ccccc2)c(-c2[c-]cccc2)n1)c1ccc(-c2ccccc2)c(-c2[c-]cccc2)n1.[Pt+2]. The van der Waals surface area contributed by atoms with Crippen LogP contribution < -0.4 is 0 Å². The molecule has 40 heavy (non-hydrogen) atoms. The molecule has 0 amide bonds. The zero-order chi connectivity index (χ0) is 26.7. The van der Waals surface area contributed by atoms with E-state index in [0.29, 0.717) is 0 Å². The van der Waals surface area contributed by atoms with Crippen molar-refractivity contribution in [2.24, 2.45) is 0 Å². The Hall–Kier alpha value is -4.13. The molecule has 0 spiro atoms. The molecule has 0 N–H and O–H groups in total. The summed E-state index contributed by atoms with van der Waals surface area (Å²) in [5, 5.41) is 0. The van der Waals surface area contributed by atoms with Crippen LogP contribution in [0.2, 0.25) is 0 Å². The van der Waals surface area contributed by atoms with Crippen LogP contribution in [0.1, 0.15) is 25.2 Å². The van der Waals surface area contributed by atoms with Gasteiger partial charge >= 0.3 is 21.1 Å². The summed E-state index contributed by atoms with van der Waals surface area (Å²) in [7, 11) is 0. The molecular weight excluding hydrogens is 667 g/mol. The standard InChI is InChI=1S/C37H28N2.Pt/c1-37(2,33-25-23-31(27-15-7-3-8-16-27)35(38-33)29-19-11-5-12-20-29)34-26-24-32(28-17-9-4-10-18-28)36(39-34)30-21-13-6-14-22-30;/h3-19,21,23-26H,1-2H3;/q-2;+2. The summed E-state index contributed by atoms with van der Waals surface area (Å²) < 4.78 is 0. The summed E-state index contributed by atoms with van der Waals surface area (Å²) in [5.41, 5.74) is 9.70. The maximum absolute atomic E-state index is 5.27. The maximum Gasteiger partial charge on any atom is 2.00 e. The summed E-state index contributed by atoms with van der Waals surface area (Å²) in [6.07, 6.45) is 0. The number of nitrogens with zero attached hydrogens (tertiary/aromatic N) is 2. The quantitative estimate of drug-likeness (QED) is 0.163. The Morgan fingerprint density at radius 2 is 0.875 bits per heavy atom. The summed E-state index contributed by atoms with van der Waals surface area (Å²) in [6, 6.07) is 52.3. The normalized spacial score (nSPS) is 11.1. The van der Waals surface area contributed by atoms with E-state index in [0.717, 1.165) is 56.2 Å². The molecule has 0 saturated carbocycles. The van der Waals surface area contributed by atoms with Gasteiger partial charge < -0.3 is 0 Å². The van der Waals surface area contributed by atoms with Crippen LogP contribution in [0.15, 0.2) is 133 Å². The van der Waals surface area contributed by atoms with Crippen LogP contribution >= 0.6 is 0 Å². The Morgan fingerprint density at radius 3 is 1.25 bits per heavy atom. The molecule has 2 nitrogen and oxygen atoms in total. The number of rotatable bonds is 6. The monoisotopic (exact) mass is 695 g/mol. The number of hydrogen-bond acceptors (Lipinski definition) is 2. The molecule has 0 saturated heterocycles. The van der Waals surface area contributed by atoms with E-state index in [4.69, 9.17) is 9.97 Å². The first-order valence-electron chi connectivity index (χ1n) is 13.2. The molecule has 0 radical (unpaired) electrons. The molecule has 4 aromatic carbocycles. The van der Waals surface area contributed by atoms with Gasteiger partial charge in [-0.25, -0.2) is 0 Å². The van der Waals surface area contributed by atoms with E-state index in [2.05, 4.69) is 111 Å². The zero-order valence-electron chi connectivity index (χ0n) is 22.4. The second-order valence-electron chi connectivity index (χ2n) is 10.1. The third kappa shape index (κ3) is 5.46. The van der Waals surface area contributed by atoms with Crippen LogP contribution in [0.4, 0.5) is 0 Å². The first-order valence-corrected chi connectivity index (χ1v) is 13.2. The Morgan fingerprint density at radius 1 is 0.475 bits per heavy atom. The molecular formula is C37H28N2Pt. The van der Waals surface area contributed by atoms with Crippen molar-refractivity contribution in [1.82, 2.24) is 9.97 Å². The average Bonchev–Trinajstić information content (AvgIpc) is 3.02. The van der Waals surface area contributed by atoms with E-state index < -0.39 is 5.41 Å². The predicted octanol–water partition coefficient (Wildman–Crippen LogP) is 9.07. The van der Waals surface area contributed by atoms with Crippen molar-refractivity contribution < 1.29 is 21.1 Å². The minimum atomic E-state index is -0.447. The van der Waals surface area contributed by atoms with Crippen LogP contribution in [-0.4, -0.2) is 9.97 Å². The summed E-state index contributed by atoms with van der Waals surface area (Å²) in [4.78, 5) is 10.5. The van der Waals surface area contributed by atoms with Crippen molar-refractivity contribution in [3.8, 4) is 44.8 Å². The molecule has 0 unspecified atom stereocenters. The Balaban J connectivity index is 0.00000323. The molecule has 0 aliphatic rings. The predicted molar refractivity (Wildman–Crippen MR) is 160 cm³/mol. The van der Waals surface area contributed by atoms with Crippen LogP contribution in [0.3, 0.4) is 0 Å². The second-order valence-corrected chi connectivity index (χ2v) is 10.1. The number of aromatic nitrogens is 2. The van der Waals surface area contributed by atoms with Gasteiger partial charge in [-0.2, -0.15) is 0 Å². The van der Waals surface area contributed by atoms with Gasteiger partial charge in [0.2, 0.25) is 0 Å². The van der Waals surface area contributed by atoms with Gasteiger partial charge in [-0.05, 0) is 59.6 Å². The Kier molecular flexibility index (Phi) is 8.19. The van der Waals surface area contributed by atoms with Gasteiger partial charge in [0.1, 0.15) is 0 Å². The van der Waals surface area contributed by atoms with E-state index >= 15 is 0 Å². The molecule has 0 aliphatic carbocycles. The van der Waals surface area contributed by atoms with Gasteiger partial charge in [-0.1, -0.05) is 72.8 Å². The van der Waals surface area contributed by atoms with Crippen LogP contribution in [-0.2, 0) is 26.5 Å². The van der Waals surface area contributed by atoms with E-state index in [1.54, 1.807) is 0 Å². The summed E-state index contributed by atoms with van der Waals surface area (Å²) in [6.45, 7) is 4.39. The van der Waals surface area contributed by atoms with Gasteiger partial charge in [0.15, 0.2) is 0 Å². The van der Waals surface area contributed by atoms with E-state index in [-0.39, 0.29) is 21.1 Å². The third-order valence-corrected chi connectivity index (χ3v) is 7.17. The van der Waals surface area contributed by atoms with Crippen molar-refractivity contribution >= 4 is 0 Å². The average molecular weight is 696 g/mol. The smallest absolute Gasteiger partial charge is 0.300 e. The molecule has 2 aromatic heterocycles. The molecule has 196 valence electrons. The fourth-order valence-corrected chi connectivity index (χ4v) is 4.94. The van der Waals surface area contributed by atoms with Crippen LogP contribution in [0.25, 0.3) is 44.8 Å². The van der Waals surface area contributed by atoms with Gasteiger partial charge in [0.05, 0.1) is 0 Å². The van der Waals surface area contributed by atoms with Crippen molar-refractivity contribution in [3.05, 3.63) is 157 Å². The first-order chi connectivity index (χ1) is 19.1. The van der Waals surface area contributed by atoms with Crippen LogP contribution in [0.5, 0.6) is 0 Å². The van der Waals surface area contributed by atoms with Crippen molar-refractivity contribution in [3.63, 3.8) is 0 Å². The largest absolute Gasteiger partial charge is 2.00 e. The van der Waals surface area contributed by atoms with E-state index in [1.807, 2.05) is 48.5 Å². The van der Waals surface area contributed by atoms with Crippen molar-refractivity contribution in [1.29, 1.82) is 0 Å². The fraction of sp³-hybridized carbons (Fsp3) is 0.0811. The number of hydrogen-bond donors (Lipinski definition) is 0. The van der Waals surface area contributed by atoms with Gasteiger partial charge in [0.25, 0.3) is 0 Å². The molecule has 3 heteroatoms.